The molecule has 0 saturated heterocycles. The van der Waals surface area contributed by atoms with Gasteiger partial charge >= 0.3 is 0 Å². The second-order valence-electron chi connectivity index (χ2n) is 4.90. The maximum absolute atomic E-state index is 9.57. The van der Waals surface area contributed by atoms with Gasteiger partial charge in [0, 0.05) is 6.54 Å². The SMILES string of the molecule is Oc1cc(CNC(=S)/C=C/c2cc(O)c(O)c(I)c2)cc(O)c1O. The third-order valence-electron chi connectivity index (χ3n) is 3.09. The summed E-state index contributed by atoms with van der Waals surface area (Å²) < 4.78 is 0.515. The molecule has 24 heavy (non-hydrogen) atoms. The minimum atomic E-state index is -0.567. The number of nitrogens with one attached hydrogen (secondary N) is 1. The van der Waals surface area contributed by atoms with Gasteiger partial charge in [-0.05, 0) is 64.1 Å². The molecule has 8 heteroatoms. The van der Waals surface area contributed by atoms with Gasteiger partial charge in [0.1, 0.15) is 0 Å². The quantitative estimate of drug-likeness (QED) is 0.180. The highest BCUT2D eigenvalue weighted by Crippen LogP contribution is 2.35. The summed E-state index contributed by atoms with van der Waals surface area (Å²) in [5.41, 5.74) is 1.20. The second-order valence-corrected chi connectivity index (χ2v) is 6.51. The zero-order chi connectivity index (χ0) is 17.9. The van der Waals surface area contributed by atoms with Crippen LogP contribution < -0.4 is 5.32 Å². The molecule has 6 N–H and O–H groups in total. The van der Waals surface area contributed by atoms with Crippen LogP contribution in [0.15, 0.2) is 30.3 Å². The molecule has 0 aromatic heterocycles. The molecule has 0 heterocycles. The average molecular weight is 459 g/mol. The molecule has 0 aliphatic rings. The van der Waals surface area contributed by atoms with E-state index >= 15 is 0 Å². The fourth-order valence-corrected chi connectivity index (χ4v) is 2.66. The molecule has 0 spiro atoms. The first-order valence-electron chi connectivity index (χ1n) is 6.69. The van der Waals surface area contributed by atoms with Crippen LogP contribution in [0, 0.1) is 3.57 Å². The highest BCUT2D eigenvalue weighted by molar-refractivity contribution is 14.1. The summed E-state index contributed by atoms with van der Waals surface area (Å²) in [4.78, 5) is 0.393. The van der Waals surface area contributed by atoms with Crippen molar-refractivity contribution in [3.05, 3.63) is 45.0 Å². The van der Waals surface area contributed by atoms with Gasteiger partial charge in [0.2, 0.25) is 0 Å². The Labute approximate surface area is 156 Å². The molecule has 126 valence electrons. The molecule has 0 atom stereocenters. The van der Waals surface area contributed by atoms with Crippen LogP contribution in [0.5, 0.6) is 28.7 Å². The molecule has 2 rings (SSSR count). The Kier molecular flexibility index (Phi) is 5.73. The van der Waals surface area contributed by atoms with E-state index in [-0.39, 0.29) is 18.0 Å². The third-order valence-corrected chi connectivity index (χ3v) is 4.19. The predicted octanol–water partition coefficient (Wildman–Crippen LogP) is 2.95. The Morgan fingerprint density at radius 3 is 2.12 bits per heavy atom. The van der Waals surface area contributed by atoms with Crippen molar-refractivity contribution in [2.45, 2.75) is 6.54 Å². The lowest BCUT2D eigenvalue weighted by molar-refractivity contribution is 0.367. The maximum Gasteiger partial charge on any atom is 0.200 e. The van der Waals surface area contributed by atoms with Gasteiger partial charge in [0.05, 0.1) is 8.56 Å². The van der Waals surface area contributed by atoms with Gasteiger partial charge in [-0.3, -0.25) is 0 Å². The molecular formula is C16H14INO5S. The summed E-state index contributed by atoms with van der Waals surface area (Å²) in [6.07, 6.45) is 3.28. The molecule has 6 nitrogen and oxygen atoms in total. The van der Waals surface area contributed by atoms with E-state index in [0.717, 1.165) is 0 Å². The molecule has 2 aromatic rings. The Bertz CT molecular complexity index is 776. The van der Waals surface area contributed by atoms with Crippen LogP contribution >= 0.6 is 34.8 Å². The topological polar surface area (TPSA) is 113 Å². The molecule has 0 unspecified atom stereocenters. The van der Waals surface area contributed by atoms with Crippen molar-refractivity contribution < 1.29 is 25.5 Å². The lowest BCUT2D eigenvalue weighted by atomic mass is 10.1. The van der Waals surface area contributed by atoms with E-state index in [0.29, 0.717) is 19.7 Å². The van der Waals surface area contributed by atoms with E-state index in [1.54, 1.807) is 18.2 Å². The smallest absolute Gasteiger partial charge is 0.200 e. The van der Waals surface area contributed by atoms with E-state index < -0.39 is 17.2 Å². The molecule has 0 fully saturated rings. The van der Waals surface area contributed by atoms with Crippen molar-refractivity contribution in [2.75, 3.05) is 0 Å². The van der Waals surface area contributed by atoms with Gasteiger partial charge in [0.15, 0.2) is 28.7 Å². The van der Waals surface area contributed by atoms with E-state index in [4.69, 9.17) is 12.2 Å². The fraction of sp³-hybridized carbons (Fsp3) is 0.0625. The molecule has 0 aliphatic carbocycles. The minimum absolute atomic E-state index is 0.166. The minimum Gasteiger partial charge on any atom is -0.504 e. The fourth-order valence-electron chi connectivity index (χ4n) is 1.88. The van der Waals surface area contributed by atoms with Gasteiger partial charge in [0.25, 0.3) is 0 Å². The molecule has 0 saturated carbocycles. The number of thiocarbonyl (C=S) groups is 1. The number of rotatable bonds is 4. The van der Waals surface area contributed by atoms with Crippen LogP contribution in [-0.4, -0.2) is 30.5 Å². The molecular weight excluding hydrogens is 445 g/mol. The Morgan fingerprint density at radius 2 is 1.54 bits per heavy atom. The molecule has 2 aromatic carbocycles. The van der Waals surface area contributed by atoms with Gasteiger partial charge in [-0.2, -0.15) is 0 Å². The Hall–Kier alpha value is -2.20. The average Bonchev–Trinajstić information content (AvgIpc) is 2.53. The predicted molar refractivity (Wildman–Crippen MR) is 102 cm³/mol. The second kappa shape index (κ2) is 7.58. The van der Waals surface area contributed by atoms with Crippen LogP contribution in [0.2, 0.25) is 0 Å². The number of benzene rings is 2. The zero-order valence-corrected chi connectivity index (χ0v) is 15.2. The first-order valence-corrected chi connectivity index (χ1v) is 8.18. The summed E-state index contributed by atoms with van der Waals surface area (Å²) in [5.74, 6) is -1.77. The number of phenolic OH excluding ortho intramolecular Hbond substituents is 5. The van der Waals surface area contributed by atoms with Gasteiger partial charge < -0.3 is 30.8 Å². The van der Waals surface area contributed by atoms with Gasteiger partial charge in [-0.1, -0.05) is 18.3 Å². The molecule has 0 bridgehead atoms. The summed E-state index contributed by atoms with van der Waals surface area (Å²) >= 11 is 7.05. The number of hydrogen-bond acceptors (Lipinski definition) is 6. The lowest BCUT2D eigenvalue weighted by Crippen LogP contribution is -2.18. The van der Waals surface area contributed by atoms with Crippen molar-refractivity contribution in [2.24, 2.45) is 0 Å². The number of halogens is 1. The first kappa shape index (κ1) is 18.1. The van der Waals surface area contributed by atoms with Gasteiger partial charge in [-0.25, -0.2) is 0 Å². The maximum atomic E-state index is 9.57. The van der Waals surface area contributed by atoms with E-state index in [2.05, 4.69) is 5.32 Å². The molecule has 0 radical (unpaired) electrons. The third kappa shape index (κ3) is 4.42. The Morgan fingerprint density at radius 1 is 0.958 bits per heavy atom. The number of aromatic hydroxyl groups is 5. The van der Waals surface area contributed by atoms with E-state index in [1.165, 1.54) is 18.2 Å². The highest BCUT2D eigenvalue weighted by atomic mass is 127. The normalized spacial score (nSPS) is 10.9. The lowest BCUT2D eigenvalue weighted by Gasteiger charge is -2.08. The summed E-state index contributed by atoms with van der Waals surface area (Å²) in [6, 6.07) is 5.72. The van der Waals surface area contributed by atoms with Crippen molar-refractivity contribution >= 4 is 45.9 Å². The van der Waals surface area contributed by atoms with Crippen LogP contribution in [0.1, 0.15) is 11.1 Å². The van der Waals surface area contributed by atoms with Crippen molar-refractivity contribution in [3.63, 3.8) is 0 Å². The number of phenols is 5. The summed E-state index contributed by atoms with van der Waals surface area (Å²) in [7, 11) is 0. The van der Waals surface area contributed by atoms with E-state index in [1.807, 2.05) is 22.6 Å². The van der Waals surface area contributed by atoms with Crippen LogP contribution in [0.3, 0.4) is 0 Å². The van der Waals surface area contributed by atoms with Crippen molar-refractivity contribution in [1.82, 2.24) is 5.32 Å². The molecule has 0 amide bonds. The van der Waals surface area contributed by atoms with Crippen LogP contribution in [-0.2, 0) is 6.54 Å². The standard InChI is InChI=1S/C16H14INO5S/c17-10-3-8(4-11(19)15(10)22)1-2-14(24)18-7-9-5-12(20)16(23)13(21)6-9/h1-6,19-23H,7H2,(H,18,24)/b2-1+. The monoisotopic (exact) mass is 459 g/mol. The van der Waals surface area contributed by atoms with Crippen molar-refractivity contribution in [3.8, 4) is 28.7 Å². The van der Waals surface area contributed by atoms with Crippen molar-refractivity contribution in [1.29, 1.82) is 0 Å². The van der Waals surface area contributed by atoms with Crippen LogP contribution in [0.25, 0.3) is 6.08 Å². The Balaban J connectivity index is 2.01. The van der Waals surface area contributed by atoms with E-state index in [9.17, 15) is 25.5 Å². The van der Waals surface area contributed by atoms with Crippen LogP contribution in [0.4, 0.5) is 0 Å². The highest BCUT2D eigenvalue weighted by Gasteiger charge is 2.08. The first-order chi connectivity index (χ1) is 11.3. The number of hydrogen-bond donors (Lipinski definition) is 6. The summed E-state index contributed by atoms with van der Waals surface area (Å²) in [6.45, 7) is 0.239. The zero-order valence-electron chi connectivity index (χ0n) is 12.2. The summed E-state index contributed by atoms with van der Waals surface area (Å²) in [5, 5.41) is 50.2. The largest absolute Gasteiger partial charge is 0.504 e. The molecule has 0 aliphatic heterocycles. The van der Waals surface area contributed by atoms with Gasteiger partial charge in [-0.15, -0.1) is 0 Å².